The molecule has 3 aromatic heterocycles. The number of nitrogens with one attached hydrogen (secondary N) is 2. The highest BCUT2D eigenvalue weighted by molar-refractivity contribution is 7.24. The van der Waals surface area contributed by atoms with Gasteiger partial charge >= 0.3 is 0 Å². The second-order valence-electron chi connectivity index (χ2n) is 9.34. The molecule has 0 bridgehead atoms. The van der Waals surface area contributed by atoms with Crippen molar-refractivity contribution in [3.63, 3.8) is 0 Å². The molecule has 1 amide bonds. The third-order valence-corrected chi connectivity index (χ3v) is 8.09. The predicted molar refractivity (Wildman–Crippen MR) is 141 cm³/mol. The van der Waals surface area contributed by atoms with E-state index in [0.29, 0.717) is 23.6 Å². The number of benzene rings is 1. The van der Waals surface area contributed by atoms with Crippen LogP contribution in [0.2, 0.25) is 0 Å². The van der Waals surface area contributed by atoms with Crippen LogP contribution in [0.5, 0.6) is 0 Å². The van der Waals surface area contributed by atoms with Crippen LogP contribution in [0.4, 0.5) is 10.2 Å². The Morgan fingerprint density at radius 2 is 2.11 bits per heavy atom. The van der Waals surface area contributed by atoms with Crippen molar-refractivity contribution < 1.29 is 9.18 Å². The molecule has 2 N–H and O–H groups in total. The van der Waals surface area contributed by atoms with Crippen molar-refractivity contribution in [2.45, 2.75) is 6.42 Å². The number of allylic oxidation sites excluding steroid dienone is 1. The Labute approximate surface area is 210 Å². The lowest BCUT2D eigenvalue weighted by atomic mass is 10.1. The van der Waals surface area contributed by atoms with Crippen molar-refractivity contribution in [2.24, 2.45) is 5.92 Å². The van der Waals surface area contributed by atoms with Gasteiger partial charge in [-0.25, -0.2) is 9.37 Å². The van der Waals surface area contributed by atoms with E-state index in [0.717, 1.165) is 35.3 Å². The van der Waals surface area contributed by atoms with Crippen LogP contribution in [0, 0.1) is 17.1 Å². The van der Waals surface area contributed by atoms with E-state index in [9.17, 15) is 9.59 Å². The van der Waals surface area contributed by atoms with Gasteiger partial charge < -0.3 is 20.5 Å². The van der Waals surface area contributed by atoms with Gasteiger partial charge in [-0.15, -0.1) is 11.3 Å². The first-order valence-corrected chi connectivity index (χ1v) is 12.8. The van der Waals surface area contributed by atoms with Crippen LogP contribution in [0.15, 0.2) is 46.8 Å². The zero-order valence-corrected chi connectivity index (χ0v) is 20.6. The minimum atomic E-state index is -0.563. The minimum Gasteiger partial charge on any atom is -0.353 e. The van der Waals surface area contributed by atoms with Crippen LogP contribution in [0.3, 0.4) is 0 Å². The highest BCUT2D eigenvalue weighted by Gasteiger charge is 2.27. The maximum absolute atomic E-state index is 15.4. The summed E-state index contributed by atoms with van der Waals surface area (Å²) in [4.78, 5) is 36.3. The van der Waals surface area contributed by atoms with Crippen LogP contribution in [-0.4, -0.2) is 66.2 Å². The Bertz CT molecular complexity index is 1640. The lowest BCUT2D eigenvalue weighted by molar-refractivity contribution is 0.0958. The Hall–Kier alpha value is -3.63. The van der Waals surface area contributed by atoms with Crippen LogP contribution in [0.1, 0.15) is 16.8 Å². The normalized spacial score (nSPS) is 18.4. The minimum absolute atomic E-state index is 0.0123. The van der Waals surface area contributed by atoms with Crippen LogP contribution in [0.25, 0.3) is 26.1 Å². The standard InChI is InChI=1S/C26H25FN6O2S/c1-31-7-4-8-32(10-9-31)24-18(27)12-17-22(34)21(25(35)29-14-16-11-15(16)13-28)26-33(23(17)30-24)19-5-2-3-6-20(19)36-26/h2-3,5-6,11-13,15,28H,4,7-10,14H2,1H3,(H,29,35). The molecule has 2 aliphatic rings. The molecular formula is C26H25FN6O2S. The second kappa shape index (κ2) is 8.79. The molecule has 1 atom stereocenters. The fourth-order valence-electron chi connectivity index (χ4n) is 4.87. The number of anilines is 1. The number of nitrogens with zero attached hydrogens (tertiary/aromatic N) is 4. The van der Waals surface area contributed by atoms with E-state index >= 15 is 4.39 Å². The van der Waals surface area contributed by atoms with Crippen molar-refractivity contribution in [2.75, 3.05) is 44.7 Å². The summed E-state index contributed by atoms with van der Waals surface area (Å²) < 4.78 is 18.2. The number of amides is 1. The molecule has 4 aromatic rings. The number of hydrogen-bond acceptors (Lipinski definition) is 7. The van der Waals surface area contributed by atoms with Gasteiger partial charge in [-0.2, -0.15) is 0 Å². The molecular weight excluding hydrogens is 479 g/mol. The molecule has 0 saturated carbocycles. The maximum atomic E-state index is 15.4. The summed E-state index contributed by atoms with van der Waals surface area (Å²) in [5.41, 5.74) is 1.56. The van der Waals surface area contributed by atoms with Crippen molar-refractivity contribution in [1.29, 1.82) is 5.41 Å². The average Bonchev–Trinajstić information content (AvgIpc) is 3.59. The zero-order valence-electron chi connectivity index (χ0n) is 19.8. The molecule has 8 nitrogen and oxygen atoms in total. The van der Waals surface area contributed by atoms with Gasteiger partial charge in [0.05, 0.1) is 15.6 Å². The summed E-state index contributed by atoms with van der Waals surface area (Å²) in [6.45, 7) is 3.31. The highest BCUT2D eigenvalue weighted by Crippen LogP contribution is 2.32. The Kier molecular flexibility index (Phi) is 5.57. The number of pyridine rings is 2. The number of halogens is 1. The number of carbonyl (C=O) groups excluding carboxylic acids is 1. The molecule has 1 aromatic carbocycles. The number of hydrogen-bond donors (Lipinski definition) is 2. The summed E-state index contributed by atoms with van der Waals surface area (Å²) in [5, 5.41) is 10.2. The van der Waals surface area contributed by atoms with Gasteiger partial charge in [0.2, 0.25) is 5.43 Å². The average molecular weight is 505 g/mol. The van der Waals surface area contributed by atoms with E-state index < -0.39 is 17.2 Å². The Morgan fingerprint density at radius 1 is 1.28 bits per heavy atom. The number of thiazole rings is 1. The molecule has 1 aliphatic heterocycles. The first kappa shape index (κ1) is 22.8. The topological polar surface area (TPSA) is 93.8 Å². The predicted octanol–water partition coefficient (Wildman–Crippen LogP) is 3.28. The molecule has 1 aliphatic carbocycles. The molecule has 0 spiro atoms. The number of para-hydroxylation sites is 1. The number of aromatic nitrogens is 2. The summed E-state index contributed by atoms with van der Waals surface area (Å²) >= 11 is 1.35. The largest absolute Gasteiger partial charge is 0.353 e. The van der Waals surface area contributed by atoms with Gasteiger partial charge in [-0.1, -0.05) is 18.2 Å². The highest BCUT2D eigenvalue weighted by atomic mass is 32.1. The SMILES string of the molecule is CN1CCCN(c2nc3c(cc2F)c(=O)c(C(=O)NCC2=CC2C=N)c2sc4ccccc4n23)CC1. The molecule has 36 heavy (non-hydrogen) atoms. The molecule has 184 valence electrons. The van der Waals surface area contributed by atoms with Gasteiger partial charge in [0.25, 0.3) is 5.91 Å². The van der Waals surface area contributed by atoms with E-state index in [1.807, 2.05) is 46.7 Å². The number of rotatable bonds is 5. The molecule has 1 fully saturated rings. The lowest BCUT2D eigenvalue weighted by Gasteiger charge is -2.22. The number of fused-ring (bicyclic) bond motifs is 5. The van der Waals surface area contributed by atoms with Gasteiger partial charge in [0, 0.05) is 38.3 Å². The first-order valence-electron chi connectivity index (χ1n) is 12.0. The quantitative estimate of drug-likeness (QED) is 0.321. The number of likely N-dealkylation sites (N-methyl/N-ethyl adjacent to an activating group) is 1. The third kappa shape index (κ3) is 3.77. The van der Waals surface area contributed by atoms with Gasteiger partial charge in [-0.3, -0.25) is 14.0 Å². The van der Waals surface area contributed by atoms with Crippen LogP contribution < -0.4 is 15.6 Å². The summed E-state index contributed by atoms with van der Waals surface area (Å²) in [6, 6.07) is 8.88. The van der Waals surface area contributed by atoms with Crippen molar-refractivity contribution in [3.8, 4) is 0 Å². The van der Waals surface area contributed by atoms with Crippen LogP contribution >= 0.6 is 11.3 Å². The van der Waals surface area contributed by atoms with Gasteiger partial charge in [0.1, 0.15) is 10.4 Å². The van der Waals surface area contributed by atoms with E-state index in [1.54, 1.807) is 0 Å². The van der Waals surface area contributed by atoms with Gasteiger partial charge in [0.15, 0.2) is 17.3 Å². The first-order chi connectivity index (χ1) is 17.5. The van der Waals surface area contributed by atoms with Crippen LogP contribution in [-0.2, 0) is 0 Å². The van der Waals surface area contributed by atoms with E-state index in [4.69, 9.17) is 10.4 Å². The van der Waals surface area contributed by atoms with Crippen molar-refractivity contribution in [3.05, 3.63) is 63.6 Å². The molecule has 1 saturated heterocycles. The summed E-state index contributed by atoms with van der Waals surface area (Å²) in [7, 11) is 2.05. The van der Waals surface area contributed by atoms with E-state index in [2.05, 4.69) is 10.2 Å². The van der Waals surface area contributed by atoms with Crippen molar-refractivity contribution in [1.82, 2.24) is 19.6 Å². The molecule has 6 rings (SSSR count). The Balaban J connectivity index is 1.54. The summed E-state index contributed by atoms with van der Waals surface area (Å²) in [5.74, 6) is -0.867. The number of carbonyl (C=O) groups is 1. The lowest BCUT2D eigenvalue weighted by Crippen LogP contribution is -2.32. The second-order valence-corrected chi connectivity index (χ2v) is 10.4. The fourth-order valence-corrected chi connectivity index (χ4v) is 6.05. The maximum Gasteiger partial charge on any atom is 0.258 e. The molecule has 4 heterocycles. The van der Waals surface area contributed by atoms with E-state index in [1.165, 1.54) is 23.6 Å². The van der Waals surface area contributed by atoms with Crippen molar-refractivity contribution >= 4 is 55.4 Å². The molecule has 1 unspecified atom stereocenters. The molecule has 10 heteroatoms. The smallest absolute Gasteiger partial charge is 0.258 e. The fraction of sp³-hybridized carbons (Fsp3) is 0.308. The zero-order chi connectivity index (χ0) is 25.0. The Morgan fingerprint density at radius 3 is 2.92 bits per heavy atom. The third-order valence-electron chi connectivity index (χ3n) is 6.94. The molecule has 0 radical (unpaired) electrons. The monoisotopic (exact) mass is 504 g/mol. The summed E-state index contributed by atoms with van der Waals surface area (Å²) in [6.07, 6.45) is 4.09. The van der Waals surface area contributed by atoms with Gasteiger partial charge in [-0.05, 0) is 43.8 Å². The van der Waals surface area contributed by atoms with E-state index in [-0.39, 0.29) is 29.2 Å².